The summed E-state index contributed by atoms with van der Waals surface area (Å²) >= 11 is 0. The largest absolute Gasteiger partial charge is 0.472 e. The molecule has 1 fully saturated rings. The number of ether oxygens (including phenoxy) is 2. The number of aliphatic hydroxyl groups is 5. The molecular weight excluding hydrogens is 763 g/mol. The summed E-state index contributed by atoms with van der Waals surface area (Å²) in [6, 6.07) is 0. The molecule has 0 spiro atoms. The monoisotopic (exact) mass is 851 g/mol. The van der Waals surface area contributed by atoms with Gasteiger partial charge in [0.25, 0.3) is 0 Å². The van der Waals surface area contributed by atoms with Crippen LogP contribution in [0.5, 0.6) is 0 Å². The number of carbonyl (C=O) groups excluding carboxylic acids is 1. The molecule has 344 valence electrons. The lowest BCUT2D eigenvalue weighted by atomic mass is 9.85. The fourth-order valence-corrected chi connectivity index (χ4v) is 8.32. The van der Waals surface area contributed by atoms with Crippen molar-refractivity contribution in [3.05, 3.63) is 12.2 Å². The Morgan fingerprint density at radius 1 is 0.534 bits per heavy atom. The Balaban J connectivity index is 2.39. The fraction of sp³-hybridized carbons (Fsp3) is 0.933. The van der Waals surface area contributed by atoms with Crippen LogP contribution in [0.15, 0.2) is 12.2 Å². The van der Waals surface area contributed by atoms with Gasteiger partial charge in [0.2, 0.25) is 0 Å². The molecule has 0 aromatic heterocycles. The molecule has 58 heavy (non-hydrogen) atoms. The maximum Gasteiger partial charge on any atom is 0.472 e. The highest BCUT2D eigenvalue weighted by molar-refractivity contribution is 7.47. The van der Waals surface area contributed by atoms with Crippen molar-refractivity contribution in [2.45, 2.75) is 249 Å². The molecule has 6 N–H and O–H groups in total. The molecule has 13 heteroatoms. The van der Waals surface area contributed by atoms with Gasteiger partial charge in [-0.1, -0.05) is 174 Å². The van der Waals surface area contributed by atoms with E-state index in [2.05, 4.69) is 26.0 Å². The quantitative estimate of drug-likeness (QED) is 0.0148. The van der Waals surface area contributed by atoms with Gasteiger partial charge in [-0.3, -0.25) is 13.8 Å². The third kappa shape index (κ3) is 28.6. The van der Waals surface area contributed by atoms with E-state index < -0.39 is 63.1 Å². The predicted octanol–water partition coefficient (Wildman–Crippen LogP) is 9.53. The zero-order valence-corrected chi connectivity index (χ0v) is 37.5. The van der Waals surface area contributed by atoms with E-state index in [4.69, 9.17) is 18.5 Å². The first kappa shape index (κ1) is 55.1. The molecule has 1 rings (SSSR count). The van der Waals surface area contributed by atoms with E-state index >= 15 is 0 Å². The van der Waals surface area contributed by atoms with Crippen molar-refractivity contribution >= 4 is 13.8 Å². The smallest absolute Gasteiger partial charge is 0.457 e. The molecule has 0 amide bonds. The van der Waals surface area contributed by atoms with Gasteiger partial charge in [-0.2, -0.15) is 0 Å². The standard InChI is InChI=1S/C45H87O12P/c1-3-5-7-9-11-13-15-17-19-20-22-24-26-28-30-32-34-39(46)56-38(37-55-58(52,53)57-45-43(50)41(48)40(47)42(49)44(45)51)36-54-35-33-31-29-27-25-23-21-18-16-14-12-10-8-6-4-2/h19-20,38,40-45,47-51H,3-18,21-37H2,1-2H3,(H,52,53)/b20-19-. The first-order valence-electron chi connectivity index (χ1n) is 23.5. The van der Waals surface area contributed by atoms with Crippen LogP contribution in [-0.2, 0) is 27.9 Å². The van der Waals surface area contributed by atoms with Crippen LogP contribution in [0.25, 0.3) is 0 Å². The van der Waals surface area contributed by atoms with Crippen LogP contribution in [0.2, 0.25) is 0 Å². The van der Waals surface area contributed by atoms with Gasteiger partial charge in [0.1, 0.15) is 42.7 Å². The van der Waals surface area contributed by atoms with Crippen molar-refractivity contribution in [1.29, 1.82) is 0 Å². The molecule has 12 nitrogen and oxygen atoms in total. The summed E-state index contributed by atoms with van der Waals surface area (Å²) in [5, 5.41) is 50.2. The second-order valence-corrected chi connectivity index (χ2v) is 18.0. The Hall–Kier alpha value is -0.920. The topological polar surface area (TPSA) is 192 Å². The maximum absolute atomic E-state index is 12.8. The Labute approximate surface area is 352 Å². The molecule has 0 aromatic rings. The molecule has 6 unspecified atom stereocenters. The molecule has 0 aromatic carbocycles. The lowest BCUT2D eigenvalue weighted by molar-refractivity contribution is -0.220. The van der Waals surface area contributed by atoms with Crippen molar-refractivity contribution in [1.82, 2.24) is 0 Å². The molecular formula is C45H87O12P. The summed E-state index contributed by atoms with van der Waals surface area (Å²) in [4.78, 5) is 23.1. The first-order valence-corrected chi connectivity index (χ1v) is 25.0. The SMILES string of the molecule is CCCCCCCCC/C=C\CCCCCCCC(=O)OC(COCCCCCCCCCCCCCCCCC)COP(=O)(O)OC1C(O)C(O)C(O)C(O)C1O. The van der Waals surface area contributed by atoms with Gasteiger partial charge < -0.3 is 39.9 Å². The number of hydrogen-bond acceptors (Lipinski definition) is 11. The molecule has 0 heterocycles. The number of allylic oxidation sites excluding steroid dienone is 2. The zero-order valence-electron chi connectivity index (χ0n) is 36.6. The van der Waals surface area contributed by atoms with Gasteiger partial charge in [-0.05, 0) is 38.5 Å². The number of esters is 1. The van der Waals surface area contributed by atoms with Crippen LogP contribution >= 0.6 is 7.82 Å². The second-order valence-electron chi connectivity index (χ2n) is 16.6. The summed E-state index contributed by atoms with van der Waals surface area (Å²) in [5.74, 6) is -0.482. The summed E-state index contributed by atoms with van der Waals surface area (Å²) in [6.45, 7) is 4.27. The Kier molecular flexibility index (Phi) is 34.9. The number of carbonyl (C=O) groups is 1. The summed E-state index contributed by atoms with van der Waals surface area (Å²) in [5.41, 5.74) is 0. The summed E-state index contributed by atoms with van der Waals surface area (Å²) in [6.07, 6.45) is 27.0. The van der Waals surface area contributed by atoms with E-state index in [1.54, 1.807) is 0 Å². The van der Waals surface area contributed by atoms with Gasteiger partial charge in [0, 0.05) is 13.0 Å². The van der Waals surface area contributed by atoms with Crippen molar-refractivity contribution in [2.75, 3.05) is 19.8 Å². The molecule has 0 saturated heterocycles. The van der Waals surface area contributed by atoms with Crippen LogP contribution in [0, 0.1) is 0 Å². The van der Waals surface area contributed by atoms with Gasteiger partial charge in [0.15, 0.2) is 0 Å². The summed E-state index contributed by atoms with van der Waals surface area (Å²) < 4.78 is 34.2. The third-order valence-electron chi connectivity index (χ3n) is 11.1. The van der Waals surface area contributed by atoms with E-state index in [0.717, 1.165) is 57.8 Å². The Bertz CT molecular complexity index is 1020. The van der Waals surface area contributed by atoms with Gasteiger partial charge in [0.05, 0.1) is 13.2 Å². The van der Waals surface area contributed by atoms with Crippen LogP contribution in [0.3, 0.4) is 0 Å². The Morgan fingerprint density at radius 2 is 0.914 bits per heavy atom. The van der Waals surface area contributed by atoms with Crippen molar-refractivity contribution in [3.8, 4) is 0 Å². The molecule has 0 aliphatic heterocycles. The average molecular weight is 851 g/mol. The number of unbranched alkanes of at least 4 members (excludes halogenated alkanes) is 26. The van der Waals surface area contributed by atoms with E-state index in [1.807, 2.05) is 0 Å². The normalized spacial score (nSPS) is 22.7. The minimum Gasteiger partial charge on any atom is -0.457 e. The minimum atomic E-state index is -5.01. The lowest BCUT2D eigenvalue weighted by Crippen LogP contribution is -2.64. The molecule has 6 atom stereocenters. The van der Waals surface area contributed by atoms with Crippen LogP contribution in [0.4, 0.5) is 0 Å². The van der Waals surface area contributed by atoms with Gasteiger partial charge in [-0.15, -0.1) is 0 Å². The van der Waals surface area contributed by atoms with Crippen molar-refractivity contribution < 1.29 is 58.3 Å². The second kappa shape index (κ2) is 36.7. The fourth-order valence-electron chi connectivity index (χ4n) is 7.35. The lowest BCUT2D eigenvalue weighted by Gasteiger charge is -2.41. The van der Waals surface area contributed by atoms with E-state index in [1.165, 1.54) is 122 Å². The molecule has 1 saturated carbocycles. The van der Waals surface area contributed by atoms with Crippen molar-refractivity contribution in [2.24, 2.45) is 0 Å². The highest BCUT2D eigenvalue weighted by Crippen LogP contribution is 2.47. The highest BCUT2D eigenvalue weighted by atomic mass is 31.2. The molecule has 1 aliphatic carbocycles. The third-order valence-corrected chi connectivity index (χ3v) is 12.1. The zero-order chi connectivity index (χ0) is 42.7. The maximum atomic E-state index is 12.8. The predicted molar refractivity (Wildman–Crippen MR) is 230 cm³/mol. The number of phosphoric acid groups is 1. The number of rotatable bonds is 40. The van der Waals surface area contributed by atoms with Crippen molar-refractivity contribution in [3.63, 3.8) is 0 Å². The van der Waals surface area contributed by atoms with Crippen LogP contribution in [0.1, 0.15) is 206 Å². The van der Waals surface area contributed by atoms with Crippen LogP contribution in [-0.4, -0.2) is 98.9 Å². The van der Waals surface area contributed by atoms with Gasteiger partial charge in [-0.25, -0.2) is 4.57 Å². The Morgan fingerprint density at radius 3 is 1.36 bits per heavy atom. The average Bonchev–Trinajstić information content (AvgIpc) is 3.21. The summed E-state index contributed by atoms with van der Waals surface area (Å²) in [7, 11) is -5.01. The number of phosphoric ester groups is 1. The van der Waals surface area contributed by atoms with E-state index in [0.29, 0.717) is 13.0 Å². The molecule has 0 radical (unpaired) electrons. The van der Waals surface area contributed by atoms with E-state index in [-0.39, 0.29) is 13.0 Å². The number of aliphatic hydroxyl groups excluding tert-OH is 5. The molecule has 1 aliphatic rings. The molecule has 0 bridgehead atoms. The highest BCUT2D eigenvalue weighted by Gasteiger charge is 2.51. The number of hydrogen-bond donors (Lipinski definition) is 6. The van der Waals surface area contributed by atoms with Gasteiger partial charge >= 0.3 is 13.8 Å². The van der Waals surface area contributed by atoms with Crippen LogP contribution < -0.4 is 0 Å². The minimum absolute atomic E-state index is 0.0743. The first-order chi connectivity index (χ1) is 28.0. The van der Waals surface area contributed by atoms with E-state index in [9.17, 15) is 39.8 Å².